The molecule has 0 saturated heterocycles. The van der Waals surface area contributed by atoms with E-state index in [1.165, 1.54) is 12.4 Å². The molecule has 2 N–H and O–H groups in total. The number of amides is 2. The van der Waals surface area contributed by atoms with E-state index in [9.17, 15) is 9.59 Å². The molecule has 3 aromatic rings. The molecule has 3 rings (SSSR count). The highest BCUT2D eigenvalue weighted by Gasteiger charge is 2.12. The summed E-state index contributed by atoms with van der Waals surface area (Å²) >= 11 is 11.7. The van der Waals surface area contributed by atoms with Gasteiger partial charge in [-0.1, -0.05) is 23.2 Å². The van der Waals surface area contributed by atoms with Gasteiger partial charge < -0.3 is 10.6 Å². The van der Waals surface area contributed by atoms with E-state index in [4.69, 9.17) is 23.2 Å². The fourth-order valence-electron chi connectivity index (χ4n) is 2.19. The summed E-state index contributed by atoms with van der Waals surface area (Å²) in [5.74, 6) is -0.661. The van der Waals surface area contributed by atoms with Crippen molar-refractivity contribution >= 4 is 46.4 Å². The Balaban J connectivity index is 1.77. The Morgan fingerprint density at radius 3 is 1.65 bits per heavy atom. The Bertz CT molecular complexity index is 863. The normalized spacial score (nSPS) is 10.2. The fourth-order valence-corrected chi connectivity index (χ4v) is 2.45. The molecule has 130 valence electrons. The molecule has 0 unspecified atom stereocenters. The van der Waals surface area contributed by atoms with Gasteiger partial charge in [0.25, 0.3) is 11.8 Å². The summed E-state index contributed by atoms with van der Waals surface area (Å²) in [4.78, 5) is 28.7. The molecule has 26 heavy (non-hydrogen) atoms. The quantitative estimate of drug-likeness (QED) is 0.671. The summed E-state index contributed by atoms with van der Waals surface area (Å²) in [6.45, 7) is 0. The van der Waals surface area contributed by atoms with E-state index in [2.05, 4.69) is 15.6 Å². The van der Waals surface area contributed by atoms with E-state index in [0.717, 1.165) is 0 Å². The minimum absolute atomic E-state index is 0.324. The molecule has 0 aliphatic carbocycles. The summed E-state index contributed by atoms with van der Waals surface area (Å²) in [6, 6.07) is 14.6. The third-order valence-corrected chi connectivity index (χ3v) is 4.03. The lowest BCUT2D eigenvalue weighted by atomic mass is 10.2. The number of halogens is 2. The van der Waals surface area contributed by atoms with Gasteiger partial charge in [-0.05, 0) is 54.6 Å². The predicted molar refractivity (Wildman–Crippen MR) is 103 cm³/mol. The van der Waals surface area contributed by atoms with Gasteiger partial charge in [-0.25, -0.2) is 0 Å². The number of nitrogens with one attached hydrogen (secondary N) is 2. The average molecular weight is 386 g/mol. The summed E-state index contributed by atoms with van der Waals surface area (Å²) in [5.41, 5.74) is 1.70. The smallest absolute Gasteiger partial charge is 0.255 e. The molecule has 0 aliphatic rings. The highest BCUT2D eigenvalue weighted by molar-refractivity contribution is 6.31. The Labute approximate surface area is 160 Å². The molecule has 7 heteroatoms. The van der Waals surface area contributed by atoms with Gasteiger partial charge in [0.2, 0.25) is 0 Å². The Morgan fingerprint density at radius 1 is 0.692 bits per heavy atom. The zero-order valence-corrected chi connectivity index (χ0v) is 14.9. The van der Waals surface area contributed by atoms with Crippen molar-refractivity contribution in [3.05, 3.63) is 88.2 Å². The first-order valence-electron chi connectivity index (χ1n) is 7.61. The van der Waals surface area contributed by atoms with Gasteiger partial charge in [-0.3, -0.25) is 14.6 Å². The van der Waals surface area contributed by atoms with Crippen LogP contribution in [0.4, 0.5) is 11.4 Å². The topological polar surface area (TPSA) is 71.1 Å². The van der Waals surface area contributed by atoms with E-state index >= 15 is 0 Å². The van der Waals surface area contributed by atoms with Crippen LogP contribution in [0.2, 0.25) is 10.0 Å². The lowest BCUT2D eigenvalue weighted by molar-refractivity contribution is 0.101. The number of anilines is 2. The van der Waals surface area contributed by atoms with Gasteiger partial charge in [-0.15, -0.1) is 0 Å². The van der Waals surface area contributed by atoms with Crippen molar-refractivity contribution in [2.75, 3.05) is 10.6 Å². The van der Waals surface area contributed by atoms with Crippen molar-refractivity contribution in [3.8, 4) is 0 Å². The molecular formula is C19H13Cl2N3O2. The molecule has 1 aromatic heterocycles. The van der Waals surface area contributed by atoms with Crippen LogP contribution in [0, 0.1) is 0 Å². The number of benzene rings is 2. The zero-order chi connectivity index (χ0) is 18.5. The number of carbonyl (C=O) groups excluding carboxylic acids is 2. The lowest BCUT2D eigenvalue weighted by Crippen LogP contribution is -2.17. The molecule has 5 nitrogen and oxygen atoms in total. The standard InChI is InChI=1S/C19H13Cl2N3O2/c20-14-5-1-12(2-6-14)18(25)23-16-9-10-22-11-17(16)24-19(26)13-3-7-15(21)8-4-13/h1-11H,(H,24,26)(H,22,23,25). The molecule has 2 aromatic carbocycles. The first-order chi connectivity index (χ1) is 12.5. The van der Waals surface area contributed by atoms with Gasteiger partial charge in [0, 0.05) is 27.4 Å². The van der Waals surface area contributed by atoms with Crippen LogP contribution in [0.15, 0.2) is 67.0 Å². The Hall–Kier alpha value is -2.89. The number of nitrogens with zero attached hydrogens (tertiary/aromatic N) is 1. The van der Waals surface area contributed by atoms with Crippen molar-refractivity contribution in [3.63, 3.8) is 0 Å². The number of hydrogen-bond acceptors (Lipinski definition) is 3. The van der Waals surface area contributed by atoms with E-state index in [-0.39, 0.29) is 11.8 Å². The fraction of sp³-hybridized carbons (Fsp3) is 0. The van der Waals surface area contributed by atoms with E-state index in [1.807, 2.05) is 0 Å². The van der Waals surface area contributed by atoms with Crippen LogP contribution >= 0.6 is 23.2 Å². The number of aromatic nitrogens is 1. The second kappa shape index (κ2) is 7.99. The van der Waals surface area contributed by atoms with Crippen LogP contribution in [-0.4, -0.2) is 16.8 Å². The molecule has 1 heterocycles. The molecule has 0 atom stereocenters. The first-order valence-corrected chi connectivity index (χ1v) is 8.36. The summed E-state index contributed by atoms with van der Waals surface area (Å²) in [7, 11) is 0. The van der Waals surface area contributed by atoms with Crippen LogP contribution in [0.1, 0.15) is 20.7 Å². The third-order valence-electron chi connectivity index (χ3n) is 3.53. The van der Waals surface area contributed by atoms with Gasteiger partial charge in [0.15, 0.2) is 0 Å². The van der Waals surface area contributed by atoms with Crippen LogP contribution in [0.5, 0.6) is 0 Å². The molecule has 0 fully saturated rings. The maximum Gasteiger partial charge on any atom is 0.255 e. The molecule has 2 amide bonds. The number of pyridine rings is 1. The van der Waals surface area contributed by atoms with Crippen molar-refractivity contribution in [2.24, 2.45) is 0 Å². The van der Waals surface area contributed by atoms with Gasteiger partial charge >= 0.3 is 0 Å². The van der Waals surface area contributed by atoms with Crippen molar-refractivity contribution < 1.29 is 9.59 Å². The molecule has 0 bridgehead atoms. The number of carbonyl (C=O) groups is 2. The van der Waals surface area contributed by atoms with Crippen molar-refractivity contribution in [1.82, 2.24) is 4.98 Å². The average Bonchev–Trinajstić information content (AvgIpc) is 2.64. The molecule has 0 saturated carbocycles. The van der Waals surface area contributed by atoms with E-state index < -0.39 is 0 Å². The zero-order valence-electron chi connectivity index (χ0n) is 13.4. The van der Waals surface area contributed by atoms with Crippen molar-refractivity contribution in [1.29, 1.82) is 0 Å². The van der Waals surface area contributed by atoms with Gasteiger partial charge in [-0.2, -0.15) is 0 Å². The largest absolute Gasteiger partial charge is 0.320 e. The summed E-state index contributed by atoms with van der Waals surface area (Å²) in [6.07, 6.45) is 2.99. The Morgan fingerprint density at radius 2 is 1.15 bits per heavy atom. The second-order valence-corrected chi connectivity index (χ2v) is 6.22. The molecule has 0 aliphatic heterocycles. The van der Waals surface area contributed by atoms with Gasteiger partial charge in [0.05, 0.1) is 17.6 Å². The van der Waals surface area contributed by atoms with Crippen LogP contribution in [0.3, 0.4) is 0 Å². The first kappa shape index (κ1) is 17.9. The monoisotopic (exact) mass is 385 g/mol. The van der Waals surface area contributed by atoms with Crippen LogP contribution in [-0.2, 0) is 0 Å². The minimum Gasteiger partial charge on any atom is -0.320 e. The van der Waals surface area contributed by atoms with Crippen LogP contribution < -0.4 is 10.6 Å². The number of hydrogen-bond donors (Lipinski definition) is 2. The van der Waals surface area contributed by atoms with E-state index in [1.54, 1.807) is 54.6 Å². The van der Waals surface area contributed by atoms with Crippen molar-refractivity contribution in [2.45, 2.75) is 0 Å². The highest BCUT2D eigenvalue weighted by Crippen LogP contribution is 2.22. The minimum atomic E-state index is -0.336. The second-order valence-electron chi connectivity index (χ2n) is 5.34. The summed E-state index contributed by atoms with van der Waals surface area (Å²) < 4.78 is 0. The highest BCUT2D eigenvalue weighted by atomic mass is 35.5. The number of rotatable bonds is 4. The molecule has 0 spiro atoms. The maximum atomic E-state index is 12.4. The Kier molecular flexibility index (Phi) is 5.51. The lowest BCUT2D eigenvalue weighted by Gasteiger charge is -2.12. The van der Waals surface area contributed by atoms with E-state index in [0.29, 0.717) is 32.5 Å². The van der Waals surface area contributed by atoms with Gasteiger partial charge in [0.1, 0.15) is 0 Å². The van der Waals surface area contributed by atoms with Crippen LogP contribution in [0.25, 0.3) is 0 Å². The SMILES string of the molecule is O=C(Nc1ccncc1NC(=O)c1ccc(Cl)cc1)c1ccc(Cl)cc1. The predicted octanol–water partition coefficient (Wildman–Crippen LogP) is 4.89. The molecular weight excluding hydrogens is 373 g/mol. The maximum absolute atomic E-state index is 12.4. The summed E-state index contributed by atoms with van der Waals surface area (Å²) in [5, 5.41) is 6.57. The third kappa shape index (κ3) is 4.39. The molecule has 0 radical (unpaired) electrons.